The van der Waals surface area contributed by atoms with Crippen molar-refractivity contribution in [1.82, 2.24) is 9.47 Å². The highest BCUT2D eigenvalue weighted by Crippen LogP contribution is 2.44. The highest BCUT2D eigenvalue weighted by molar-refractivity contribution is 7.15. The summed E-state index contributed by atoms with van der Waals surface area (Å²) in [6, 6.07) is 18.4. The fourth-order valence-corrected chi connectivity index (χ4v) is 7.05. The van der Waals surface area contributed by atoms with E-state index in [0.717, 1.165) is 29.8 Å². The maximum absolute atomic E-state index is 14.1. The second-order valence-corrected chi connectivity index (χ2v) is 10.9. The largest absolute Gasteiger partial charge is 0.497 e. The molecule has 3 heterocycles. The number of rotatable bonds is 5. The van der Waals surface area contributed by atoms with Gasteiger partial charge in [-0.05, 0) is 92.3 Å². The average Bonchev–Trinajstić information content (AvgIpc) is 3.55. The summed E-state index contributed by atoms with van der Waals surface area (Å²) in [6.07, 6.45) is 6.64. The summed E-state index contributed by atoms with van der Waals surface area (Å²) in [7, 11) is 1.66. The van der Waals surface area contributed by atoms with E-state index >= 15 is 0 Å². The molecule has 200 valence electrons. The molecule has 1 unspecified atom stereocenters. The summed E-state index contributed by atoms with van der Waals surface area (Å²) in [4.78, 5) is 29.6. The number of fused-ring (bicyclic) bond motifs is 5. The predicted octanol–water partition coefficient (Wildman–Crippen LogP) is 6.74. The van der Waals surface area contributed by atoms with Crippen molar-refractivity contribution < 1.29 is 19.1 Å². The van der Waals surface area contributed by atoms with Crippen molar-refractivity contribution in [2.24, 2.45) is 0 Å². The monoisotopic (exact) mass is 541 g/mol. The number of thiophene rings is 1. The number of urea groups is 1. The molecule has 2 amide bonds. The predicted molar refractivity (Wildman–Crippen MR) is 152 cm³/mol. The van der Waals surface area contributed by atoms with Crippen LogP contribution in [0.2, 0.25) is 0 Å². The number of ether oxygens (including phenoxy) is 2. The van der Waals surface area contributed by atoms with Crippen LogP contribution in [0.4, 0.5) is 10.5 Å². The number of nitrogens with one attached hydrogen (secondary N) is 1. The Balaban J connectivity index is 1.41. The molecule has 0 saturated heterocycles. The van der Waals surface area contributed by atoms with E-state index < -0.39 is 0 Å². The molecule has 2 aliphatic rings. The Bertz CT molecular complexity index is 1520. The number of amides is 2. The summed E-state index contributed by atoms with van der Waals surface area (Å²) >= 11 is 1.87. The van der Waals surface area contributed by atoms with Gasteiger partial charge in [0, 0.05) is 22.3 Å². The van der Waals surface area contributed by atoms with Gasteiger partial charge in [0.15, 0.2) is 0 Å². The summed E-state index contributed by atoms with van der Waals surface area (Å²) in [5.41, 5.74) is 5.73. The van der Waals surface area contributed by atoms with Crippen molar-refractivity contribution in [3.8, 4) is 10.8 Å². The molecular formula is C31H31N3O4S. The molecule has 1 atom stereocenters. The molecule has 0 saturated carbocycles. The van der Waals surface area contributed by atoms with E-state index in [4.69, 9.17) is 9.47 Å². The maximum atomic E-state index is 14.1. The molecule has 6 rings (SSSR count). The second-order valence-electron chi connectivity index (χ2n) is 9.83. The number of hydrogen-bond donors (Lipinski definition) is 1. The summed E-state index contributed by atoms with van der Waals surface area (Å²) in [5.74, 6) is 0.369. The van der Waals surface area contributed by atoms with Gasteiger partial charge in [-0.1, -0.05) is 12.1 Å². The minimum Gasteiger partial charge on any atom is -0.497 e. The first-order valence-corrected chi connectivity index (χ1v) is 14.2. The molecule has 2 aromatic carbocycles. The summed E-state index contributed by atoms with van der Waals surface area (Å²) in [6.45, 7) is 2.59. The standard InChI is InChI=1S/C31H31N3O4S/c1-3-38-30(35)20-13-15-22(16-14-20)32-31(36)34-19-25-24-10-4-5-12-27(24)39-29(25)33-17-7-11-26(33)28(34)21-8-6-9-23(18-21)37-2/h6-9,11,13-18,28H,3-5,10,12,19H2,1-2H3,(H,32,36). The lowest BCUT2D eigenvalue weighted by Crippen LogP contribution is -2.38. The van der Waals surface area contributed by atoms with Crippen molar-refractivity contribution in [3.05, 3.63) is 99.7 Å². The normalized spacial score (nSPS) is 15.9. The van der Waals surface area contributed by atoms with Crippen LogP contribution in [0.5, 0.6) is 5.75 Å². The van der Waals surface area contributed by atoms with Gasteiger partial charge >= 0.3 is 12.0 Å². The zero-order chi connectivity index (χ0) is 26.9. The Hall–Kier alpha value is -4.04. The van der Waals surface area contributed by atoms with Crippen molar-refractivity contribution in [2.45, 2.75) is 45.2 Å². The van der Waals surface area contributed by atoms with Crippen LogP contribution < -0.4 is 10.1 Å². The lowest BCUT2D eigenvalue weighted by molar-refractivity contribution is 0.0526. The Kier molecular flexibility index (Phi) is 6.87. The molecule has 2 aromatic heterocycles. The van der Waals surface area contributed by atoms with Gasteiger partial charge in [-0.3, -0.25) is 0 Å². The third-order valence-corrected chi connectivity index (χ3v) is 8.83. The number of anilines is 1. The van der Waals surface area contributed by atoms with E-state index in [0.29, 0.717) is 24.4 Å². The van der Waals surface area contributed by atoms with E-state index in [1.165, 1.54) is 33.8 Å². The maximum Gasteiger partial charge on any atom is 0.338 e. The number of aromatic nitrogens is 1. The third-order valence-electron chi connectivity index (χ3n) is 7.50. The SMILES string of the molecule is CCOC(=O)c1ccc(NC(=O)N2Cc3c(sc4c3CCCC4)-n3cccc3C2c2cccc(OC)c2)cc1. The Morgan fingerprint density at radius 2 is 1.85 bits per heavy atom. The van der Waals surface area contributed by atoms with Gasteiger partial charge in [-0.2, -0.15) is 0 Å². The van der Waals surface area contributed by atoms with Gasteiger partial charge < -0.3 is 24.3 Å². The van der Waals surface area contributed by atoms with Gasteiger partial charge in [0.25, 0.3) is 0 Å². The quantitative estimate of drug-likeness (QED) is 0.284. The number of carbonyl (C=O) groups is 2. The van der Waals surface area contributed by atoms with Crippen molar-refractivity contribution >= 4 is 29.0 Å². The fourth-order valence-electron chi connectivity index (χ4n) is 5.65. The van der Waals surface area contributed by atoms with Gasteiger partial charge in [0.1, 0.15) is 10.8 Å². The number of esters is 1. The van der Waals surface area contributed by atoms with Crippen LogP contribution in [0.3, 0.4) is 0 Å². The van der Waals surface area contributed by atoms with E-state index in [1.807, 2.05) is 40.5 Å². The van der Waals surface area contributed by atoms with Crippen molar-refractivity contribution in [2.75, 3.05) is 19.0 Å². The zero-order valence-electron chi connectivity index (χ0n) is 22.1. The molecule has 39 heavy (non-hydrogen) atoms. The van der Waals surface area contributed by atoms with Crippen LogP contribution in [-0.2, 0) is 24.1 Å². The Morgan fingerprint density at radius 1 is 1.03 bits per heavy atom. The number of methoxy groups -OCH3 is 1. The zero-order valence-corrected chi connectivity index (χ0v) is 22.9. The number of nitrogens with zero attached hydrogens (tertiary/aromatic N) is 2. The molecule has 0 fully saturated rings. The smallest absolute Gasteiger partial charge is 0.338 e. The third kappa shape index (κ3) is 4.69. The highest BCUT2D eigenvalue weighted by Gasteiger charge is 2.36. The fraction of sp³-hybridized carbons (Fsp3) is 0.290. The highest BCUT2D eigenvalue weighted by atomic mass is 32.1. The van der Waals surface area contributed by atoms with Crippen LogP contribution in [0.15, 0.2) is 66.9 Å². The van der Waals surface area contributed by atoms with Gasteiger partial charge in [-0.15, -0.1) is 11.3 Å². The summed E-state index contributed by atoms with van der Waals surface area (Å²) in [5, 5.41) is 4.30. The van der Waals surface area contributed by atoms with E-state index in [-0.39, 0.29) is 18.0 Å². The number of benzene rings is 2. The Morgan fingerprint density at radius 3 is 2.64 bits per heavy atom. The second kappa shape index (κ2) is 10.6. The van der Waals surface area contributed by atoms with E-state index in [2.05, 4.69) is 28.2 Å². The van der Waals surface area contributed by atoms with Crippen LogP contribution in [0.25, 0.3) is 5.00 Å². The van der Waals surface area contributed by atoms with Gasteiger partial charge in [-0.25, -0.2) is 9.59 Å². The van der Waals surface area contributed by atoms with Gasteiger partial charge in [0.2, 0.25) is 0 Å². The molecule has 0 radical (unpaired) electrons. The van der Waals surface area contributed by atoms with E-state index in [9.17, 15) is 9.59 Å². The van der Waals surface area contributed by atoms with Gasteiger partial charge in [0.05, 0.1) is 37.6 Å². The number of carbonyl (C=O) groups excluding carboxylic acids is 2. The minimum absolute atomic E-state index is 0.205. The first-order valence-electron chi connectivity index (χ1n) is 13.4. The molecule has 7 nitrogen and oxygen atoms in total. The first kappa shape index (κ1) is 25.2. The van der Waals surface area contributed by atoms with Crippen molar-refractivity contribution in [3.63, 3.8) is 0 Å². The molecule has 0 spiro atoms. The molecule has 1 aliphatic heterocycles. The lowest BCUT2D eigenvalue weighted by atomic mass is 9.95. The molecule has 4 aromatic rings. The van der Waals surface area contributed by atoms with E-state index in [1.54, 1.807) is 38.3 Å². The topological polar surface area (TPSA) is 72.8 Å². The van der Waals surface area contributed by atoms with Crippen molar-refractivity contribution in [1.29, 1.82) is 0 Å². The Labute approximate surface area is 232 Å². The molecular weight excluding hydrogens is 510 g/mol. The minimum atomic E-state index is -0.378. The van der Waals surface area contributed by atoms with Crippen LogP contribution >= 0.6 is 11.3 Å². The molecule has 8 heteroatoms. The molecule has 0 bridgehead atoms. The molecule has 1 N–H and O–H groups in total. The first-order chi connectivity index (χ1) is 19.1. The number of hydrogen-bond acceptors (Lipinski definition) is 5. The molecule has 1 aliphatic carbocycles. The average molecular weight is 542 g/mol. The number of aryl methyl sites for hydroxylation is 1. The van der Waals surface area contributed by atoms with Crippen LogP contribution in [0, 0.1) is 0 Å². The lowest BCUT2D eigenvalue weighted by Gasteiger charge is -2.31. The summed E-state index contributed by atoms with van der Waals surface area (Å²) < 4.78 is 12.9. The van der Waals surface area contributed by atoms with Crippen LogP contribution in [-0.4, -0.2) is 35.2 Å². The van der Waals surface area contributed by atoms with Crippen LogP contribution in [0.1, 0.15) is 63.4 Å².